The fourth-order valence-corrected chi connectivity index (χ4v) is 1.85. The van der Waals surface area contributed by atoms with Crippen molar-refractivity contribution in [1.29, 1.82) is 0 Å². The second-order valence-corrected chi connectivity index (χ2v) is 5.32. The fourth-order valence-electron chi connectivity index (χ4n) is 1.85. The van der Waals surface area contributed by atoms with E-state index in [2.05, 4.69) is 6.58 Å². The first-order valence-corrected chi connectivity index (χ1v) is 7.59. The Kier molecular flexibility index (Phi) is 5.81. The molecule has 23 heavy (non-hydrogen) atoms. The van der Waals surface area contributed by atoms with E-state index in [4.69, 9.17) is 9.47 Å². The summed E-state index contributed by atoms with van der Waals surface area (Å²) in [4.78, 5) is 0. The predicted molar refractivity (Wildman–Crippen MR) is 96.0 cm³/mol. The first kappa shape index (κ1) is 16.6. The van der Waals surface area contributed by atoms with E-state index in [9.17, 15) is 0 Å². The van der Waals surface area contributed by atoms with Crippen LogP contribution in [-0.4, -0.2) is 0 Å². The third-order valence-electron chi connectivity index (χ3n) is 3.30. The van der Waals surface area contributed by atoms with E-state index in [-0.39, 0.29) is 0 Å². The number of aryl methyl sites for hydroxylation is 1. The van der Waals surface area contributed by atoms with Crippen LogP contribution in [-0.2, 0) is 0 Å². The molecule has 0 heterocycles. The molecule has 0 N–H and O–H groups in total. The lowest BCUT2D eigenvalue weighted by Gasteiger charge is -2.09. The summed E-state index contributed by atoms with van der Waals surface area (Å²) in [7, 11) is 0. The Hall–Kier alpha value is -2.74. The van der Waals surface area contributed by atoms with Gasteiger partial charge < -0.3 is 9.47 Å². The third kappa shape index (κ3) is 5.51. The summed E-state index contributed by atoms with van der Waals surface area (Å²) in [6.45, 7) is 9.97. The Morgan fingerprint density at radius 3 is 2.35 bits per heavy atom. The zero-order chi connectivity index (χ0) is 16.7. The van der Waals surface area contributed by atoms with E-state index in [1.165, 1.54) is 5.56 Å². The van der Waals surface area contributed by atoms with Crippen LogP contribution in [0.25, 0.3) is 0 Å². The number of rotatable bonds is 6. The highest BCUT2D eigenvalue weighted by Gasteiger charge is 2.01. The van der Waals surface area contributed by atoms with Crippen LogP contribution in [0.2, 0.25) is 0 Å². The first-order valence-electron chi connectivity index (χ1n) is 7.59. The smallest absolute Gasteiger partial charge is 0.131 e. The molecule has 0 aliphatic heterocycles. The Balaban J connectivity index is 2.03. The molecule has 0 unspecified atom stereocenters. The molecule has 2 aromatic carbocycles. The van der Waals surface area contributed by atoms with E-state index in [1.54, 1.807) is 0 Å². The standard InChI is InChI=1S/C21H22O2/c1-5-16(2)9-12-18(4)22-20-7-6-8-21(15-20)23-19-13-10-17(3)11-14-19/h5-15H,4H2,1-3H3/b12-9-,16-5-. The van der Waals surface area contributed by atoms with Gasteiger partial charge in [-0.3, -0.25) is 0 Å². The van der Waals surface area contributed by atoms with Crippen LogP contribution in [0.5, 0.6) is 17.2 Å². The molecule has 2 nitrogen and oxygen atoms in total. The van der Waals surface area contributed by atoms with Crippen molar-refractivity contribution in [3.63, 3.8) is 0 Å². The van der Waals surface area contributed by atoms with Crippen LogP contribution in [0, 0.1) is 6.92 Å². The van der Waals surface area contributed by atoms with Gasteiger partial charge in [-0.1, -0.05) is 48.1 Å². The lowest BCUT2D eigenvalue weighted by molar-refractivity contribution is 0.437. The number of ether oxygens (including phenoxy) is 2. The second kappa shape index (κ2) is 8.04. The quantitative estimate of drug-likeness (QED) is 0.467. The molecule has 118 valence electrons. The number of hydrogen-bond donors (Lipinski definition) is 0. The van der Waals surface area contributed by atoms with Crippen molar-refractivity contribution in [2.45, 2.75) is 20.8 Å². The van der Waals surface area contributed by atoms with Gasteiger partial charge in [-0.15, -0.1) is 0 Å². The first-order chi connectivity index (χ1) is 11.1. The molecular formula is C21H22O2. The van der Waals surface area contributed by atoms with Gasteiger partial charge in [0.2, 0.25) is 0 Å². The van der Waals surface area contributed by atoms with Gasteiger partial charge in [-0.05, 0) is 51.1 Å². The lowest BCUT2D eigenvalue weighted by atomic mass is 10.2. The van der Waals surface area contributed by atoms with Crippen molar-refractivity contribution in [2.75, 3.05) is 0 Å². The molecule has 0 bridgehead atoms. The van der Waals surface area contributed by atoms with Crippen LogP contribution in [0.4, 0.5) is 0 Å². The molecule has 0 spiro atoms. The van der Waals surface area contributed by atoms with Gasteiger partial charge >= 0.3 is 0 Å². The third-order valence-corrected chi connectivity index (χ3v) is 3.30. The average molecular weight is 306 g/mol. The van der Waals surface area contributed by atoms with Gasteiger partial charge in [-0.2, -0.15) is 0 Å². The highest BCUT2D eigenvalue weighted by Crippen LogP contribution is 2.26. The summed E-state index contributed by atoms with van der Waals surface area (Å²) in [5, 5.41) is 0. The molecule has 2 rings (SSSR count). The Bertz CT molecular complexity index is 722. The molecule has 0 radical (unpaired) electrons. The molecule has 0 amide bonds. The largest absolute Gasteiger partial charge is 0.458 e. The molecule has 0 saturated carbocycles. The number of allylic oxidation sites excluding steroid dienone is 4. The number of benzene rings is 2. The lowest BCUT2D eigenvalue weighted by Crippen LogP contribution is -1.91. The van der Waals surface area contributed by atoms with Crippen molar-refractivity contribution in [1.82, 2.24) is 0 Å². The maximum Gasteiger partial charge on any atom is 0.131 e. The summed E-state index contributed by atoms with van der Waals surface area (Å²) in [5.74, 6) is 2.81. The fraction of sp³-hybridized carbons (Fsp3) is 0.143. The molecular weight excluding hydrogens is 284 g/mol. The van der Waals surface area contributed by atoms with E-state index >= 15 is 0 Å². The van der Waals surface area contributed by atoms with Gasteiger partial charge in [0.1, 0.15) is 23.0 Å². The van der Waals surface area contributed by atoms with Crippen molar-refractivity contribution in [3.8, 4) is 17.2 Å². The van der Waals surface area contributed by atoms with Gasteiger partial charge in [-0.25, -0.2) is 0 Å². The van der Waals surface area contributed by atoms with Gasteiger partial charge in [0.05, 0.1) is 0 Å². The molecule has 0 aromatic heterocycles. The van der Waals surface area contributed by atoms with Crippen molar-refractivity contribution in [2.24, 2.45) is 0 Å². The minimum atomic E-state index is 0.582. The van der Waals surface area contributed by atoms with Crippen molar-refractivity contribution >= 4 is 0 Å². The van der Waals surface area contributed by atoms with E-state index in [1.807, 2.05) is 87.5 Å². The topological polar surface area (TPSA) is 18.5 Å². The summed E-state index contributed by atoms with van der Waals surface area (Å²) in [6.07, 6.45) is 5.84. The Morgan fingerprint density at radius 2 is 1.65 bits per heavy atom. The maximum absolute atomic E-state index is 5.83. The highest BCUT2D eigenvalue weighted by atomic mass is 16.5. The molecule has 0 aliphatic rings. The SMILES string of the molecule is C=C(/C=C\C(C)=C/C)Oc1cccc(Oc2ccc(C)cc2)c1. The van der Waals surface area contributed by atoms with E-state index < -0.39 is 0 Å². The van der Waals surface area contributed by atoms with Crippen LogP contribution in [0.1, 0.15) is 19.4 Å². The van der Waals surface area contributed by atoms with Crippen molar-refractivity contribution < 1.29 is 9.47 Å². The molecule has 0 fully saturated rings. The monoisotopic (exact) mass is 306 g/mol. The zero-order valence-electron chi connectivity index (χ0n) is 13.9. The summed E-state index contributed by atoms with van der Waals surface area (Å²) in [5.41, 5.74) is 2.36. The predicted octanol–water partition coefficient (Wildman–Crippen LogP) is 6.20. The van der Waals surface area contributed by atoms with Crippen molar-refractivity contribution in [3.05, 3.63) is 90.2 Å². The van der Waals surface area contributed by atoms with Gasteiger partial charge in [0.25, 0.3) is 0 Å². The van der Waals surface area contributed by atoms with Gasteiger partial charge in [0.15, 0.2) is 0 Å². The molecule has 2 heteroatoms. The van der Waals surface area contributed by atoms with Crippen LogP contribution >= 0.6 is 0 Å². The zero-order valence-corrected chi connectivity index (χ0v) is 13.9. The van der Waals surface area contributed by atoms with E-state index in [0.29, 0.717) is 11.5 Å². The summed E-state index contributed by atoms with van der Waals surface area (Å²) in [6, 6.07) is 15.5. The second-order valence-electron chi connectivity index (χ2n) is 5.32. The van der Waals surface area contributed by atoms with Gasteiger partial charge in [0, 0.05) is 6.07 Å². The molecule has 0 atom stereocenters. The Labute approximate surface area is 138 Å². The van der Waals surface area contributed by atoms with Crippen LogP contribution in [0.3, 0.4) is 0 Å². The minimum absolute atomic E-state index is 0.582. The highest BCUT2D eigenvalue weighted by molar-refractivity contribution is 5.38. The molecule has 0 aliphatic carbocycles. The summed E-state index contributed by atoms with van der Waals surface area (Å²) >= 11 is 0. The maximum atomic E-state index is 5.83. The van der Waals surface area contributed by atoms with Crippen LogP contribution in [0.15, 0.2) is 84.7 Å². The normalized spacial score (nSPS) is 11.5. The summed E-state index contributed by atoms with van der Waals surface area (Å²) < 4.78 is 11.6. The van der Waals surface area contributed by atoms with Crippen LogP contribution < -0.4 is 9.47 Å². The Morgan fingerprint density at radius 1 is 0.957 bits per heavy atom. The molecule has 2 aromatic rings. The number of hydrogen-bond acceptors (Lipinski definition) is 2. The van der Waals surface area contributed by atoms with E-state index in [0.717, 1.165) is 17.1 Å². The molecule has 0 saturated heterocycles. The minimum Gasteiger partial charge on any atom is -0.458 e. The average Bonchev–Trinajstić information content (AvgIpc) is 2.55.